The standard InChI is InChI=1S/C24H25N7O/c1-24(2,3)15-6-8-16(9-7-15)28-23-29-19-12-17(10-11-20(19)30(23)4)32-22-18-13-27-31(5)21(18)25-14-26-22/h6-14H,1-5H3,(H,28,29). The van der Waals surface area contributed by atoms with Gasteiger partial charge in [0.25, 0.3) is 0 Å². The van der Waals surface area contributed by atoms with Gasteiger partial charge in [-0.15, -0.1) is 0 Å². The number of nitrogens with one attached hydrogen (secondary N) is 1. The van der Waals surface area contributed by atoms with Crippen LogP contribution in [-0.4, -0.2) is 29.3 Å². The summed E-state index contributed by atoms with van der Waals surface area (Å²) in [5.41, 5.74) is 4.96. The molecule has 0 aliphatic rings. The van der Waals surface area contributed by atoms with E-state index in [0.717, 1.165) is 33.7 Å². The minimum Gasteiger partial charge on any atom is -0.438 e. The number of anilines is 2. The molecule has 0 amide bonds. The summed E-state index contributed by atoms with van der Waals surface area (Å²) in [6, 6.07) is 14.3. The van der Waals surface area contributed by atoms with Crippen LogP contribution in [0.15, 0.2) is 55.0 Å². The Morgan fingerprint density at radius 3 is 2.50 bits per heavy atom. The van der Waals surface area contributed by atoms with Crippen LogP contribution >= 0.6 is 0 Å². The Labute approximate surface area is 185 Å². The maximum absolute atomic E-state index is 6.05. The first-order chi connectivity index (χ1) is 15.3. The van der Waals surface area contributed by atoms with Gasteiger partial charge >= 0.3 is 0 Å². The average molecular weight is 428 g/mol. The Morgan fingerprint density at radius 1 is 0.969 bits per heavy atom. The number of nitrogens with zero attached hydrogens (tertiary/aromatic N) is 6. The van der Waals surface area contributed by atoms with E-state index in [9.17, 15) is 0 Å². The van der Waals surface area contributed by atoms with Crippen LogP contribution in [0.3, 0.4) is 0 Å². The molecule has 0 saturated heterocycles. The number of imidazole rings is 1. The summed E-state index contributed by atoms with van der Waals surface area (Å²) in [6.45, 7) is 6.63. The van der Waals surface area contributed by atoms with Gasteiger partial charge in [-0.05, 0) is 35.2 Å². The number of aromatic nitrogens is 6. The molecular formula is C24H25N7O. The summed E-state index contributed by atoms with van der Waals surface area (Å²) < 4.78 is 9.77. The summed E-state index contributed by atoms with van der Waals surface area (Å²) in [5.74, 6) is 1.88. The number of ether oxygens (including phenoxy) is 1. The molecule has 3 aromatic heterocycles. The first-order valence-corrected chi connectivity index (χ1v) is 10.4. The predicted molar refractivity (Wildman–Crippen MR) is 126 cm³/mol. The molecule has 162 valence electrons. The van der Waals surface area contributed by atoms with Crippen LogP contribution < -0.4 is 10.1 Å². The SMILES string of the molecule is Cn1ncc2c(Oc3ccc4c(c3)nc(Nc3ccc(C(C)(C)C)cc3)n4C)ncnc21. The van der Waals surface area contributed by atoms with Gasteiger partial charge in [-0.2, -0.15) is 5.10 Å². The average Bonchev–Trinajstić information content (AvgIpc) is 3.28. The van der Waals surface area contributed by atoms with E-state index in [2.05, 4.69) is 65.4 Å². The largest absolute Gasteiger partial charge is 0.438 e. The number of rotatable bonds is 4. The molecule has 8 nitrogen and oxygen atoms in total. The second kappa shape index (κ2) is 7.33. The zero-order chi connectivity index (χ0) is 22.5. The van der Waals surface area contributed by atoms with E-state index in [1.165, 1.54) is 11.9 Å². The van der Waals surface area contributed by atoms with Gasteiger partial charge in [0.15, 0.2) is 5.65 Å². The van der Waals surface area contributed by atoms with Gasteiger partial charge in [-0.25, -0.2) is 15.0 Å². The van der Waals surface area contributed by atoms with Crippen LogP contribution in [0.4, 0.5) is 11.6 Å². The zero-order valence-electron chi connectivity index (χ0n) is 18.8. The summed E-state index contributed by atoms with van der Waals surface area (Å²) >= 11 is 0. The molecule has 0 aliphatic carbocycles. The number of aryl methyl sites for hydroxylation is 2. The van der Waals surface area contributed by atoms with Crippen LogP contribution in [-0.2, 0) is 19.5 Å². The molecule has 3 heterocycles. The lowest BCUT2D eigenvalue weighted by molar-refractivity contribution is 0.468. The van der Waals surface area contributed by atoms with E-state index in [-0.39, 0.29) is 5.41 Å². The first-order valence-electron chi connectivity index (χ1n) is 10.4. The summed E-state index contributed by atoms with van der Waals surface area (Å²) in [6.07, 6.45) is 3.18. The number of fused-ring (bicyclic) bond motifs is 2. The quantitative estimate of drug-likeness (QED) is 0.430. The minimum atomic E-state index is 0.123. The van der Waals surface area contributed by atoms with Crippen LogP contribution in [0.5, 0.6) is 11.6 Å². The molecule has 1 N–H and O–H groups in total. The molecule has 0 fully saturated rings. The van der Waals surface area contributed by atoms with E-state index in [0.29, 0.717) is 11.6 Å². The van der Waals surface area contributed by atoms with Crippen molar-refractivity contribution < 1.29 is 4.74 Å². The van der Waals surface area contributed by atoms with Gasteiger partial charge in [0.1, 0.15) is 17.5 Å². The Balaban J connectivity index is 1.43. The number of benzene rings is 2. The van der Waals surface area contributed by atoms with E-state index < -0.39 is 0 Å². The third kappa shape index (κ3) is 3.53. The number of hydrogen-bond acceptors (Lipinski definition) is 6. The Kier molecular flexibility index (Phi) is 4.58. The molecule has 0 bridgehead atoms. The highest BCUT2D eigenvalue weighted by molar-refractivity contribution is 5.82. The fraction of sp³-hybridized carbons (Fsp3) is 0.250. The van der Waals surface area contributed by atoms with E-state index >= 15 is 0 Å². The van der Waals surface area contributed by atoms with Crippen LogP contribution in [0.25, 0.3) is 22.1 Å². The molecule has 0 atom stereocenters. The highest BCUT2D eigenvalue weighted by atomic mass is 16.5. The third-order valence-corrected chi connectivity index (χ3v) is 5.57. The number of hydrogen-bond donors (Lipinski definition) is 1. The van der Waals surface area contributed by atoms with Crippen molar-refractivity contribution in [2.24, 2.45) is 14.1 Å². The molecule has 8 heteroatoms. The van der Waals surface area contributed by atoms with Crippen LogP contribution in [0.1, 0.15) is 26.3 Å². The highest BCUT2D eigenvalue weighted by Crippen LogP contribution is 2.30. The lowest BCUT2D eigenvalue weighted by Crippen LogP contribution is -2.10. The first kappa shape index (κ1) is 20.0. The molecule has 0 radical (unpaired) electrons. The van der Waals surface area contributed by atoms with E-state index in [4.69, 9.17) is 9.72 Å². The van der Waals surface area contributed by atoms with Crippen molar-refractivity contribution in [2.75, 3.05) is 5.32 Å². The molecule has 0 spiro atoms. The Bertz CT molecular complexity index is 1430. The van der Waals surface area contributed by atoms with Crippen LogP contribution in [0, 0.1) is 0 Å². The van der Waals surface area contributed by atoms with Gasteiger partial charge < -0.3 is 14.6 Å². The van der Waals surface area contributed by atoms with Crippen LogP contribution in [0.2, 0.25) is 0 Å². The van der Waals surface area contributed by atoms with Crippen molar-refractivity contribution in [1.82, 2.24) is 29.3 Å². The lowest BCUT2D eigenvalue weighted by Gasteiger charge is -2.19. The molecule has 0 saturated carbocycles. The van der Waals surface area contributed by atoms with Crippen molar-refractivity contribution in [1.29, 1.82) is 0 Å². The molecule has 32 heavy (non-hydrogen) atoms. The monoisotopic (exact) mass is 427 g/mol. The second-order valence-corrected chi connectivity index (χ2v) is 8.88. The summed E-state index contributed by atoms with van der Waals surface area (Å²) in [5, 5.41) is 8.41. The molecule has 0 unspecified atom stereocenters. The van der Waals surface area contributed by atoms with Gasteiger partial charge in [-0.1, -0.05) is 32.9 Å². The Morgan fingerprint density at radius 2 is 1.75 bits per heavy atom. The van der Waals surface area contributed by atoms with Gasteiger partial charge in [0.2, 0.25) is 11.8 Å². The predicted octanol–water partition coefficient (Wildman–Crippen LogP) is 5.08. The third-order valence-electron chi connectivity index (χ3n) is 5.57. The van der Waals surface area contributed by atoms with Crippen molar-refractivity contribution in [2.45, 2.75) is 26.2 Å². The van der Waals surface area contributed by atoms with E-state index in [1.807, 2.05) is 36.9 Å². The highest BCUT2D eigenvalue weighted by Gasteiger charge is 2.15. The van der Waals surface area contributed by atoms with Crippen molar-refractivity contribution >= 4 is 33.7 Å². The van der Waals surface area contributed by atoms with Crippen molar-refractivity contribution in [3.05, 3.63) is 60.6 Å². The summed E-state index contributed by atoms with van der Waals surface area (Å²) in [4.78, 5) is 13.3. The Hall–Kier alpha value is -3.94. The molecule has 0 aliphatic heterocycles. The minimum absolute atomic E-state index is 0.123. The topological polar surface area (TPSA) is 82.7 Å². The maximum atomic E-state index is 6.05. The van der Waals surface area contributed by atoms with Gasteiger partial charge in [0, 0.05) is 25.8 Å². The zero-order valence-corrected chi connectivity index (χ0v) is 18.8. The molecule has 5 aromatic rings. The fourth-order valence-electron chi connectivity index (χ4n) is 3.67. The van der Waals surface area contributed by atoms with E-state index in [1.54, 1.807) is 10.9 Å². The maximum Gasteiger partial charge on any atom is 0.233 e. The normalized spacial score (nSPS) is 11.9. The summed E-state index contributed by atoms with van der Waals surface area (Å²) in [7, 11) is 3.83. The lowest BCUT2D eigenvalue weighted by atomic mass is 9.87. The second-order valence-electron chi connectivity index (χ2n) is 8.88. The molecule has 5 rings (SSSR count). The van der Waals surface area contributed by atoms with Gasteiger partial charge in [0.05, 0.1) is 17.2 Å². The van der Waals surface area contributed by atoms with Crippen molar-refractivity contribution in [3.8, 4) is 11.6 Å². The fourth-order valence-corrected chi connectivity index (χ4v) is 3.67. The molecule has 2 aromatic carbocycles. The van der Waals surface area contributed by atoms with Crippen molar-refractivity contribution in [3.63, 3.8) is 0 Å². The molecular weight excluding hydrogens is 402 g/mol. The smallest absolute Gasteiger partial charge is 0.233 e. The van der Waals surface area contributed by atoms with Gasteiger partial charge in [-0.3, -0.25) is 4.68 Å².